The smallest absolute Gasteiger partial charge is 0.390 e. The number of sulfonamides is 1. The monoisotopic (exact) mass is 482 g/mol. The summed E-state index contributed by atoms with van der Waals surface area (Å²) in [5.74, 6) is 0. The summed E-state index contributed by atoms with van der Waals surface area (Å²) in [6, 6.07) is 19.8. The van der Waals surface area contributed by atoms with Gasteiger partial charge in [-0.25, -0.2) is 0 Å². The first-order chi connectivity index (χ1) is 15.1. The van der Waals surface area contributed by atoms with Crippen LogP contribution in [-0.2, 0) is 21.5 Å². The highest BCUT2D eigenvalue weighted by Crippen LogP contribution is 2.29. The fourth-order valence-corrected chi connectivity index (χ4v) is 3.59. The zero-order valence-corrected chi connectivity index (χ0v) is 18.3. The molecule has 32 heavy (non-hydrogen) atoms. The first-order valence-corrected chi connectivity index (χ1v) is 11.1. The average Bonchev–Trinajstić information content (AvgIpc) is 2.72. The van der Waals surface area contributed by atoms with Crippen LogP contribution in [0.1, 0.15) is 22.3 Å². The van der Waals surface area contributed by atoms with Crippen molar-refractivity contribution < 1.29 is 26.4 Å². The zero-order valence-electron chi connectivity index (χ0n) is 16.7. The third-order valence-electron chi connectivity index (χ3n) is 4.30. The van der Waals surface area contributed by atoms with Gasteiger partial charge in [-0.15, -0.1) is 0 Å². The number of nitrogens with one attached hydrogen (secondary N) is 1. The number of rotatable bonds is 7. The quantitative estimate of drug-likeness (QED) is 0.338. The molecule has 0 unspecified atom stereocenters. The maximum Gasteiger partial charge on any atom is 0.516 e. The minimum atomic E-state index is -5.63. The van der Waals surface area contributed by atoms with E-state index in [-0.39, 0.29) is 23.6 Å². The van der Waals surface area contributed by atoms with Crippen molar-refractivity contribution in [3.8, 4) is 0 Å². The molecule has 0 amide bonds. The molecule has 0 aliphatic rings. The van der Waals surface area contributed by atoms with E-state index < -0.39 is 15.5 Å². The summed E-state index contributed by atoms with van der Waals surface area (Å²) in [7, 11) is -5.63. The predicted octanol–water partition coefficient (Wildman–Crippen LogP) is 5.88. The van der Waals surface area contributed by atoms with Gasteiger partial charge in [-0.1, -0.05) is 70.9 Å². The molecule has 0 bridgehead atoms. The summed E-state index contributed by atoms with van der Waals surface area (Å²) in [6.45, 7) is 1.77. The van der Waals surface area contributed by atoms with E-state index in [2.05, 4.69) is 5.16 Å². The lowest BCUT2D eigenvalue weighted by Gasteiger charge is -2.16. The Balaban J connectivity index is 2.04. The molecule has 0 saturated heterocycles. The second kappa shape index (κ2) is 9.62. The number of hydrogen-bond donors (Lipinski definition) is 1. The molecule has 3 aromatic carbocycles. The summed E-state index contributed by atoms with van der Waals surface area (Å²) >= 11 is 5.97. The van der Waals surface area contributed by atoms with Gasteiger partial charge in [0.1, 0.15) is 12.3 Å². The maximum absolute atomic E-state index is 13.0. The van der Waals surface area contributed by atoms with Crippen molar-refractivity contribution in [1.29, 1.82) is 0 Å². The summed E-state index contributed by atoms with van der Waals surface area (Å²) in [4.78, 5) is 5.47. The fourth-order valence-electron chi connectivity index (χ4n) is 2.80. The third-order valence-corrected chi connectivity index (χ3v) is 5.64. The Morgan fingerprint density at radius 3 is 2.41 bits per heavy atom. The molecule has 0 spiro atoms. The first kappa shape index (κ1) is 23.6. The third kappa shape index (κ3) is 5.80. The largest absolute Gasteiger partial charge is 0.516 e. The molecule has 10 heteroatoms. The fraction of sp³-hybridized carbons (Fsp3) is 0.136. The SMILES string of the molecule is Cc1ccc(NS(=O)(=O)C(F)(F)F)c(/C(=N/OCc2cccc(Cl)c2)c2ccccc2)c1. The Hall–Kier alpha value is -3.04. The van der Waals surface area contributed by atoms with Gasteiger partial charge < -0.3 is 4.84 Å². The highest BCUT2D eigenvalue weighted by Gasteiger charge is 2.46. The Morgan fingerprint density at radius 2 is 1.75 bits per heavy atom. The molecule has 0 heterocycles. The number of halogens is 4. The maximum atomic E-state index is 13.0. The van der Waals surface area contributed by atoms with Crippen LogP contribution in [0.4, 0.5) is 18.9 Å². The zero-order chi connectivity index (χ0) is 23.4. The molecule has 0 saturated carbocycles. The number of aryl methyl sites for hydroxylation is 1. The van der Waals surface area contributed by atoms with Crippen molar-refractivity contribution in [2.45, 2.75) is 19.0 Å². The van der Waals surface area contributed by atoms with E-state index in [9.17, 15) is 21.6 Å². The Labute approximate surface area is 188 Å². The van der Waals surface area contributed by atoms with Crippen molar-refractivity contribution >= 4 is 33.0 Å². The number of oxime groups is 1. The van der Waals surface area contributed by atoms with Gasteiger partial charge in [0, 0.05) is 16.1 Å². The van der Waals surface area contributed by atoms with E-state index in [1.165, 1.54) is 18.2 Å². The first-order valence-electron chi connectivity index (χ1n) is 9.27. The molecule has 0 fully saturated rings. The van der Waals surface area contributed by atoms with E-state index in [4.69, 9.17) is 16.4 Å². The van der Waals surface area contributed by atoms with Crippen molar-refractivity contribution in [2.75, 3.05) is 4.72 Å². The summed E-state index contributed by atoms with van der Waals surface area (Å²) in [6.07, 6.45) is 0. The second-order valence-electron chi connectivity index (χ2n) is 6.81. The Kier molecular flexibility index (Phi) is 7.10. The summed E-state index contributed by atoms with van der Waals surface area (Å²) in [5.41, 5.74) is -3.50. The molecule has 0 aromatic heterocycles. The molecular formula is C22H18ClF3N2O3S. The number of nitrogens with zero attached hydrogens (tertiary/aromatic N) is 1. The molecule has 168 valence electrons. The molecule has 0 atom stereocenters. The van der Waals surface area contributed by atoms with E-state index in [0.717, 1.165) is 5.56 Å². The molecule has 0 radical (unpaired) electrons. The second-order valence-corrected chi connectivity index (χ2v) is 8.92. The van der Waals surface area contributed by atoms with Gasteiger partial charge in [-0.3, -0.25) is 4.72 Å². The highest BCUT2D eigenvalue weighted by molar-refractivity contribution is 7.93. The Morgan fingerprint density at radius 1 is 1.03 bits per heavy atom. The molecule has 5 nitrogen and oxygen atoms in total. The van der Waals surface area contributed by atoms with Crippen LogP contribution in [0.25, 0.3) is 0 Å². The van der Waals surface area contributed by atoms with Gasteiger partial charge in [0.05, 0.1) is 5.69 Å². The van der Waals surface area contributed by atoms with Crippen molar-refractivity contribution in [2.24, 2.45) is 5.16 Å². The van der Waals surface area contributed by atoms with Crippen LogP contribution < -0.4 is 4.72 Å². The normalized spacial score (nSPS) is 12.5. The van der Waals surface area contributed by atoms with Crippen LogP contribution in [0.5, 0.6) is 0 Å². The van der Waals surface area contributed by atoms with Gasteiger partial charge in [0.25, 0.3) is 0 Å². The molecule has 0 aliphatic carbocycles. The van der Waals surface area contributed by atoms with Gasteiger partial charge >= 0.3 is 15.5 Å². The summed E-state index contributed by atoms with van der Waals surface area (Å²) in [5, 5.41) is 4.66. The van der Waals surface area contributed by atoms with Crippen LogP contribution >= 0.6 is 11.6 Å². The van der Waals surface area contributed by atoms with Crippen molar-refractivity contribution in [1.82, 2.24) is 0 Å². The minimum absolute atomic E-state index is 0.0479. The van der Waals surface area contributed by atoms with Gasteiger partial charge in [-0.2, -0.15) is 21.6 Å². The van der Waals surface area contributed by atoms with Crippen LogP contribution in [0.2, 0.25) is 5.02 Å². The van der Waals surface area contributed by atoms with Crippen LogP contribution in [0.15, 0.2) is 78.0 Å². The van der Waals surface area contributed by atoms with E-state index >= 15 is 0 Å². The van der Waals surface area contributed by atoms with E-state index in [0.29, 0.717) is 16.1 Å². The van der Waals surface area contributed by atoms with Crippen LogP contribution in [0.3, 0.4) is 0 Å². The topological polar surface area (TPSA) is 67.8 Å². The minimum Gasteiger partial charge on any atom is -0.390 e. The summed E-state index contributed by atoms with van der Waals surface area (Å²) < 4.78 is 64.0. The standard InChI is InChI=1S/C22H18ClF3N2O3S/c1-15-10-11-20(28-32(29,30)22(24,25)26)19(12-15)21(17-7-3-2-4-8-17)27-31-14-16-6-5-9-18(23)13-16/h2-13,28H,14H2,1H3/b27-21+. The van der Waals surface area contributed by atoms with Crippen molar-refractivity contribution in [3.63, 3.8) is 0 Å². The highest BCUT2D eigenvalue weighted by atomic mass is 35.5. The van der Waals surface area contributed by atoms with E-state index in [1.807, 2.05) is 0 Å². The van der Waals surface area contributed by atoms with Gasteiger partial charge in [0.15, 0.2) is 0 Å². The van der Waals surface area contributed by atoms with Crippen molar-refractivity contribution in [3.05, 3.63) is 100 Å². The number of anilines is 1. The lowest BCUT2D eigenvalue weighted by Crippen LogP contribution is -2.30. The van der Waals surface area contributed by atoms with E-state index in [1.54, 1.807) is 66.2 Å². The van der Waals surface area contributed by atoms with Gasteiger partial charge in [-0.05, 0) is 36.8 Å². The van der Waals surface area contributed by atoms with Crippen LogP contribution in [-0.4, -0.2) is 19.6 Å². The predicted molar refractivity (Wildman–Crippen MR) is 118 cm³/mol. The molecule has 3 rings (SSSR count). The number of hydrogen-bond acceptors (Lipinski definition) is 4. The van der Waals surface area contributed by atoms with Crippen LogP contribution in [0, 0.1) is 6.92 Å². The van der Waals surface area contributed by atoms with Gasteiger partial charge in [0.2, 0.25) is 0 Å². The average molecular weight is 483 g/mol. The lowest BCUT2D eigenvalue weighted by molar-refractivity contribution is -0.0429. The Bertz CT molecular complexity index is 1230. The number of benzene rings is 3. The molecule has 3 aromatic rings. The molecule has 1 N–H and O–H groups in total. The number of alkyl halides is 3. The molecular weight excluding hydrogens is 465 g/mol. The molecule has 0 aliphatic heterocycles. The lowest BCUT2D eigenvalue weighted by atomic mass is 9.99.